The van der Waals surface area contributed by atoms with Crippen LogP contribution in [0.4, 0.5) is 5.69 Å². The van der Waals surface area contributed by atoms with Crippen LogP contribution in [0, 0.1) is 6.92 Å². The van der Waals surface area contributed by atoms with E-state index in [9.17, 15) is 4.79 Å². The fourth-order valence-corrected chi connectivity index (χ4v) is 3.55. The van der Waals surface area contributed by atoms with Gasteiger partial charge in [0.25, 0.3) is 0 Å². The maximum atomic E-state index is 12.6. The molecule has 0 unspecified atom stereocenters. The van der Waals surface area contributed by atoms with Gasteiger partial charge in [-0.05, 0) is 31.2 Å². The number of anilines is 1. The third-order valence-corrected chi connectivity index (χ3v) is 5.16. The van der Waals surface area contributed by atoms with Crippen LogP contribution in [0.3, 0.4) is 0 Å². The van der Waals surface area contributed by atoms with E-state index in [0.29, 0.717) is 16.5 Å². The lowest BCUT2D eigenvalue weighted by Crippen LogP contribution is -2.14. The highest BCUT2D eigenvalue weighted by atomic mass is 32.2. The first-order valence-corrected chi connectivity index (χ1v) is 9.92. The molecule has 0 aliphatic heterocycles. The van der Waals surface area contributed by atoms with E-state index in [1.165, 1.54) is 17.3 Å². The number of hydrogen-bond donors (Lipinski definition) is 1. The Kier molecular flexibility index (Phi) is 5.39. The van der Waals surface area contributed by atoms with Gasteiger partial charge in [-0.1, -0.05) is 29.5 Å². The van der Waals surface area contributed by atoms with Gasteiger partial charge in [-0.3, -0.25) is 19.0 Å². The Bertz CT molecular complexity index is 1120. The zero-order valence-electron chi connectivity index (χ0n) is 16.0. The summed E-state index contributed by atoms with van der Waals surface area (Å²) in [6.07, 6.45) is 6.83. The fourth-order valence-electron chi connectivity index (χ4n) is 2.82. The lowest BCUT2D eigenvalue weighted by atomic mass is 10.2. The molecule has 3 aromatic heterocycles. The second-order valence-corrected chi connectivity index (χ2v) is 7.40. The van der Waals surface area contributed by atoms with Gasteiger partial charge in [0.05, 0.1) is 11.4 Å². The van der Waals surface area contributed by atoms with Crippen molar-refractivity contribution in [1.82, 2.24) is 29.5 Å². The van der Waals surface area contributed by atoms with Crippen LogP contribution >= 0.6 is 11.8 Å². The normalized spacial score (nSPS) is 10.8. The number of hydrogen-bond acceptors (Lipinski definition) is 6. The first-order chi connectivity index (χ1) is 14.1. The Morgan fingerprint density at radius 3 is 2.66 bits per heavy atom. The molecule has 4 rings (SSSR count). The van der Waals surface area contributed by atoms with Crippen LogP contribution in [0.2, 0.25) is 0 Å². The van der Waals surface area contributed by atoms with Crippen molar-refractivity contribution in [3.05, 3.63) is 66.9 Å². The number of aryl methyl sites for hydroxylation is 2. The molecule has 1 N–H and O–H groups in total. The summed E-state index contributed by atoms with van der Waals surface area (Å²) in [6, 6.07) is 11.8. The van der Waals surface area contributed by atoms with E-state index in [1.54, 1.807) is 29.6 Å². The Balaban J connectivity index is 1.45. The van der Waals surface area contributed by atoms with Gasteiger partial charge < -0.3 is 5.32 Å². The summed E-state index contributed by atoms with van der Waals surface area (Å²) in [6.45, 7) is 2.04. The van der Waals surface area contributed by atoms with E-state index in [2.05, 4.69) is 25.6 Å². The molecule has 0 bridgehead atoms. The molecular formula is C20H19N7OS. The van der Waals surface area contributed by atoms with E-state index < -0.39 is 0 Å². The van der Waals surface area contributed by atoms with Crippen molar-refractivity contribution in [2.24, 2.45) is 7.05 Å². The number of carbonyl (C=O) groups is 1. The Labute approximate surface area is 172 Å². The zero-order chi connectivity index (χ0) is 20.2. The molecule has 0 aliphatic rings. The van der Waals surface area contributed by atoms with E-state index in [4.69, 9.17) is 0 Å². The Morgan fingerprint density at radius 1 is 1.14 bits per heavy atom. The van der Waals surface area contributed by atoms with Crippen LogP contribution in [0.5, 0.6) is 0 Å². The van der Waals surface area contributed by atoms with Crippen LogP contribution in [0.1, 0.15) is 5.56 Å². The van der Waals surface area contributed by atoms with Gasteiger partial charge >= 0.3 is 0 Å². The summed E-state index contributed by atoms with van der Waals surface area (Å²) in [5, 5.41) is 16.2. The molecule has 0 saturated heterocycles. The number of amides is 1. The molecule has 4 aromatic rings. The fraction of sp³-hybridized carbons (Fsp3) is 0.150. The third kappa shape index (κ3) is 4.35. The molecule has 146 valence electrons. The highest BCUT2D eigenvalue weighted by Gasteiger charge is 2.15. The van der Waals surface area contributed by atoms with Crippen molar-refractivity contribution >= 4 is 23.4 Å². The first kappa shape index (κ1) is 18.9. The monoisotopic (exact) mass is 405 g/mol. The van der Waals surface area contributed by atoms with Crippen LogP contribution in [-0.4, -0.2) is 41.2 Å². The molecule has 0 fully saturated rings. The summed E-state index contributed by atoms with van der Waals surface area (Å²) < 4.78 is 3.54. The van der Waals surface area contributed by atoms with Gasteiger partial charge in [-0.25, -0.2) is 0 Å². The van der Waals surface area contributed by atoms with Crippen molar-refractivity contribution in [3.63, 3.8) is 0 Å². The van der Waals surface area contributed by atoms with Gasteiger partial charge in [0.1, 0.15) is 12.0 Å². The first-order valence-electron chi connectivity index (χ1n) is 8.94. The molecule has 29 heavy (non-hydrogen) atoms. The predicted molar refractivity (Wildman–Crippen MR) is 112 cm³/mol. The molecule has 0 saturated carbocycles. The zero-order valence-corrected chi connectivity index (χ0v) is 16.8. The maximum absolute atomic E-state index is 12.6. The van der Waals surface area contributed by atoms with Gasteiger partial charge in [0.2, 0.25) is 5.91 Å². The van der Waals surface area contributed by atoms with Crippen LogP contribution in [0.15, 0.2) is 66.5 Å². The van der Waals surface area contributed by atoms with E-state index in [1.807, 2.05) is 54.9 Å². The van der Waals surface area contributed by atoms with E-state index >= 15 is 0 Å². The highest BCUT2D eigenvalue weighted by Crippen LogP contribution is 2.26. The van der Waals surface area contributed by atoms with Crippen molar-refractivity contribution < 1.29 is 4.79 Å². The number of nitrogens with zero attached hydrogens (tertiary/aromatic N) is 6. The summed E-state index contributed by atoms with van der Waals surface area (Å²) in [5.74, 6) is 0.0617. The molecule has 1 amide bonds. The van der Waals surface area contributed by atoms with Gasteiger partial charge in [0, 0.05) is 36.9 Å². The lowest BCUT2D eigenvalue weighted by molar-refractivity contribution is -0.113. The van der Waals surface area contributed by atoms with Crippen molar-refractivity contribution in [1.29, 1.82) is 0 Å². The summed E-state index contributed by atoms with van der Waals surface area (Å²) >= 11 is 1.33. The second-order valence-electron chi connectivity index (χ2n) is 6.46. The Hall–Kier alpha value is -3.46. The van der Waals surface area contributed by atoms with Gasteiger partial charge in [-0.15, -0.1) is 10.2 Å². The van der Waals surface area contributed by atoms with Crippen molar-refractivity contribution in [2.45, 2.75) is 12.1 Å². The largest absolute Gasteiger partial charge is 0.322 e. The number of pyridine rings is 1. The molecule has 0 radical (unpaired) electrons. The van der Waals surface area contributed by atoms with Crippen molar-refractivity contribution in [3.8, 4) is 16.9 Å². The average molecular weight is 405 g/mol. The van der Waals surface area contributed by atoms with Crippen LogP contribution in [-0.2, 0) is 11.8 Å². The number of thioether (sulfide) groups is 1. The lowest BCUT2D eigenvalue weighted by Gasteiger charge is -2.07. The summed E-state index contributed by atoms with van der Waals surface area (Å²) in [5.41, 5.74) is 4.38. The molecule has 8 nitrogen and oxygen atoms in total. The predicted octanol–water partition coefficient (Wildman–Crippen LogP) is 3.10. The average Bonchev–Trinajstić information content (AvgIpc) is 3.34. The minimum atomic E-state index is -0.142. The second kappa shape index (κ2) is 8.27. The molecule has 1 aromatic carbocycles. The van der Waals surface area contributed by atoms with Gasteiger partial charge in [-0.2, -0.15) is 5.10 Å². The maximum Gasteiger partial charge on any atom is 0.234 e. The molecule has 9 heteroatoms. The smallest absolute Gasteiger partial charge is 0.234 e. The number of carbonyl (C=O) groups excluding carboxylic acids is 1. The quantitative estimate of drug-likeness (QED) is 0.496. The number of aromatic nitrogens is 6. The molecule has 3 heterocycles. The van der Waals surface area contributed by atoms with Gasteiger partial charge in [0.15, 0.2) is 5.16 Å². The number of rotatable bonds is 6. The highest BCUT2D eigenvalue weighted by molar-refractivity contribution is 7.99. The molecule has 0 atom stereocenters. The topological polar surface area (TPSA) is 90.5 Å². The minimum Gasteiger partial charge on any atom is -0.322 e. The minimum absolute atomic E-state index is 0.142. The van der Waals surface area contributed by atoms with E-state index in [-0.39, 0.29) is 11.7 Å². The summed E-state index contributed by atoms with van der Waals surface area (Å²) in [7, 11) is 1.82. The van der Waals surface area contributed by atoms with Crippen LogP contribution in [0.25, 0.3) is 16.9 Å². The molecule has 0 spiro atoms. The summed E-state index contributed by atoms with van der Waals surface area (Å²) in [4.78, 5) is 16.6. The Morgan fingerprint density at radius 2 is 1.90 bits per heavy atom. The standard InChI is InChI=1S/C20H19N7OS/c1-14-3-5-16(6-4-14)27-13-22-24-20(27)29-12-18(28)23-17-11-26(2)25-19(17)15-7-9-21-10-8-15/h3-11,13H,12H2,1-2H3,(H,23,28). The number of benzene rings is 1. The molecule has 0 aliphatic carbocycles. The number of nitrogens with one attached hydrogen (secondary N) is 1. The third-order valence-electron chi connectivity index (χ3n) is 4.22. The van der Waals surface area contributed by atoms with Crippen LogP contribution < -0.4 is 5.32 Å². The molecular weight excluding hydrogens is 386 g/mol. The SMILES string of the molecule is Cc1ccc(-n2cnnc2SCC(=O)Nc2cn(C)nc2-c2ccncc2)cc1. The van der Waals surface area contributed by atoms with Crippen molar-refractivity contribution in [2.75, 3.05) is 11.1 Å². The van der Waals surface area contributed by atoms with E-state index in [0.717, 1.165) is 11.3 Å².